The first-order valence-corrected chi connectivity index (χ1v) is 12.5. The first-order chi connectivity index (χ1) is 19.5. The molecule has 5 rings (SSSR count). The van der Waals surface area contributed by atoms with Gasteiger partial charge in [-0.15, -0.1) is 0 Å². The van der Waals surface area contributed by atoms with Crippen LogP contribution in [-0.4, -0.2) is 64.9 Å². The molecule has 2 heterocycles. The Morgan fingerprint density at radius 2 is 1.60 bits per heavy atom. The number of aromatic nitrogens is 2. The fraction of sp³-hybridized carbons (Fsp3) is 0.138. The molecular formula is C29H25FN6O4. The fourth-order valence-corrected chi connectivity index (χ4v) is 4.13. The second kappa shape index (κ2) is 12.1. The number of hydrogen-bond donors (Lipinski definition) is 2. The number of carbonyl (C=O) groups excluding carboxylic acids is 3. The van der Waals surface area contributed by atoms with Gasteiger partial charge in [0.25, 0.3) is 5.91 Å². The van der Waals surface area contributed by atoms with Crippen LogP contribution in [0.1, 0.15) is 15.9 Å². The number of nitrogens with zero attached hydrogens (tertiary/aromatic N) is 4. The van der Waals surface area contributed by atoms with E-state index in [0.717, 1.165) is 5.69 Å². The number of ether oxygens (including phenoxy) is 1. The Morgan fingerprint density at radius 3 is 2.35 bits per heavy atom. The number of hydrogen-bond acceptors (Lipinski definition) is 6. The van der Waals surface area contributed by atoms with Crippen molar-refractivity contribution in [2.75, 3.05) is 31.6 Å². The molecule has 11 heteroatoms. The number of carbonyl (C=O) groups is 3. The van der Waals surface area contributed by atoms with E-state index < -0.39 is 11.8 Å². The van der Waals surface area contributed by atoms with Crippen molar-refractivity contribution in [3.05, 3.63) is 102 Å². The molecule has 1 fully saturated rings. The summed E-state index contributed by atoms with van der Waals surface area (Å²) in [6.07, 6.45) is 3.06. The van der Waals surface area contributed by atoms with E-state index in [2.05, 4.69) is 20.9 Å². The van der Waals surface area contributed by atoms with Gasteiger partial charge in [-0.1, -0.05) is 30.3 Å². The molecule has 202 valence electrons. The SMILES string of the molecule is O=C(N/N=C\c1cn(-c2ccccc2)nc1-c1ccc(F)cc1)C(=O)Nc1ccccc1C(=O)N1CCOCC1. The lowest BCUT2D eigenvalue weighted by molar-refractivity contribution is -0.136. The standard InChI is InChI=1S/C29H25FN6O4/c30-22-12-10-20(11-13-22)26-21(19-36(34-26)23-6-2-1-3-7-23)18-31-33-28(38)27(37)32-25-9-5-4-8-24(25)29(39)35-14-16-40-17-15-35/h1-13,18-19H,14-17H2,(H,32,37)(H,33,38)/b31-18-. The third kappa shape index (κ3) is 6.11. The Balaban J connectivity index is 1.30. The summed E-state index contributed by atoms with van der Waals surface area (Å²) in [5, 5.41) is 11.0. The van der Waals surface area contributed by atoms with Crippen LogP contribution in [0.3, 0.4) is 0 Å². The molecule has 3 aromatic carbocycles. The van der Waals surface area contributed by atoms with Gasteiger partial charge in [-0.2, -0.15) is 10.2 Å². The van der Waals surface area contributed by atoms with E-state index in [1.165, 1.54) is 18.3 Å². The monoisotopic (exact) mass is 540 g/mol. The summed E-state index contributed by atoms with van der Waals surface area (Å²) in [5.74, 6) is -2.66. The topological polar surface area (TPSA) is 118 Å². The molecule has 0 unspecified atom stereocenters. The number of morpholine rings is 1. The molecule has 1 aliphatic rings. The number of anilines is 1. The van der Waals surface area contributed by atoms with Gasteiger partial charge < -0.3 is 15.0 Å². The predicted octanol–water partition coefficient (Wildman–Crippen LogP) is 3.24. The van der Waals surface area contributed by atoms with Crippen molar-refractivity contribution in [1.29, 1.82) is 0 Å². The lowest BCUT2D eigenvalue weighted by Crippen LogP contribution is -2.41. The summed E-state index contributed by atoms with van der Waals surface area (Å²) in [7, 11) is 0. The Labute approximate surface area is 229 Å². The Bertz CT molecular complexity index is 1550. The van der Waals surface area contributed by atoms with Crippen molar-refractivity contribution in [2.24, 2.45) is 5.10 Å². The molecule has 0 bridgehead atoms. The summed E-state index contributed by atoms with van der Waals surface area (Å²) in [4.78, 5) is 39.7. The lowest BCUT2D eigenvalue weighted by Gasteiger charge is -2.27. The van der Waals surface area contributed by atoms with Gasteiger partial charge in [0.05, 0.1) is 36.4 Å². The normalized spacial score (nSPS) is 13.3. The predicted molar refractivity (Wildman–Crippen MR) is 146 cm³/mol. The molecule has 1 aromatic heterocycles. The average molecular weight is 541 g/mol. The van der Waals surface area contributed by atoms with E-state index in [1.807, 2.05) is 30.3 Å². The Hall–Kier alpha value is -5.16. The number of para-hydroxylation sites is 2. The van der Waals surface area contributed by atoms with Gasteiger partial charge in [0.15, 0.2) is 0 Å². The molecule has 4 aromatic rings. The van der Waals surface area contributed by atoms with Crippen molar-refractivity contribution in [3.8, 4) is 16.9 Å². The minimum absolute atomic E-state index is 0.214. The van der Waals surface area contributed by atoms with Gasteiger partial charge in [0.2, 0.25) is 0 Å². The minimum Gasteiger partial charge on any atom is -0.378 e. The van der Waals surface area contributed by atoms with Gasteiger partial charge in [0.1, 0.15) is 11.5 Å². The van der Waals surface area contributed by atoms with Crippen LogP contribution in [0.5, 0.6) is 0 Å². The largest absolute Gasteiger partial charge is 0.378 e. The maximum absolute atomic E-state index is 13.5. The highest BCUT2D eigenvalue weighted by Gasteiger charge is 2.23. The zero-order valence-electron chi connectivity index (χ0n) is 21.3. The summed E-state index contributed by atoms with van der Waals surface area (Å²) >= 11 is 0. The Kier molecular flexibility index (Phi) is 8.02. The van der Waals surface area contributed by atoms with Crippen molar-refractivity contribution >= 4 is 29.6 Å². The third-order valence-corrected chi connectivity index (χ3v) is 6.16. The maximum Gasteiger partial charge on any atom is 0.329 e. The molecule has 40 heavy (non-hydrogen) atoms. The summed E-state index contributed by atoms with van der Waals surface area (Å²) < 4.78 is 20.4. The third-order valence-electron chi connectivity index (χ3n) is 6.16. The highest BCUT2D eigenvalue weighted by Crippen LogP contribution is 2.23. The van der Waals surface area contributed by atoms with Gasteiger partial charge in [-0.25, -0.2) is 14.5 Å². The van der Waals surface area contributed by atoms with Crippen LogP contribution in [0, 0.1) is 5.82 Å². The quantitative estimate of drug-likeness (QED) is 0.221. The van der Waals surface area contributed by atoms with E-state index in [-0.39, 0.29) is 23.0 Å². The van der Waals surface area contributed by atoms with Crippen LogP contribution in [0.25, 0.3) is 16.9 Å². The molecule has 3 amide bonds. The van der Waals surface area contributed by atoms with Gasteiger partial charge in [-0.05, 0) is 48.5 Å². The molecular weight excluding hydrogens is 515 g/mol. The average Bonchev–Trinajstić information content (AvgIpc) is 3.42. The number of amides is 3. The van der Waals surface area contributed by atoms with Gasteiger partial charge in [0, 0.05) is 30.4 Å². The van der Waals surface area contributed by atoms with E-state index in [1.54, 1.807) is 52.2 Å². The van der Waals surface area contributed by atoms with Gasteiger partial charge in [-0.3, -0.25) is 14.4 Å². The minimum atomic E-state index is -1.02. The van der Waals surface area contributed by atoms with Crippen LogP contribution in [0.4, 0.5) is 10.1 Å². The first-order valence-electron chi connectivity index (χ1n) is 12.5. The zero-order valence-corrected chi connectivity index (χ0v) is 21.3. The summed E-state index contributed by atoms with van der Waals surface area (Å²) in [5.41, 5.74) is 5.15. The van der Waals surface area contributed by atoms with E-state index in [9.17, 15) is 18.8 Å². The molecule has 10 nitrogen and oxygen atoms in total. The van der Waals surface area contributed by atoms with Crippen LogP contribution < -0.4 is 10.7 Å². The maximum atomic E-state index is 13.5. The molecule has 0 aliphatic carbocycles. The van der Waals surface area contributed by atoms with E-state index in [4.69, 9.17) is 4.74 Å². The summed E-state index contributed by atoms with van der Waals surface area (Å²) in [6, 6.07) is 21.7. The van der Waals surface area contributed by atoms with Crippen molar-refractivity contribution in [2.45, 2.75) is 0 Å². The fourth-order valence-electron chi connectivity index (χ4n) is 4.13. The number of hydrazone groups is 1. The van der Waals surface area contributed by atoms with E-state index in [0.29, 0.717) is 43.1 Å². The molecule has 0 spiro atoms. The van der Waals surface area contributed by atoms with Gasteiger partial charge >= 0.3 is 11.8 Å². The van der Waals surface area contributed by atoms with Crippen LogP contribution >= 0.6 is 0 Å². The van der Waals surface area contributed by atoms with Crippen molar-refractivity contribution in [1.82, 2.24) is 20.1 Å². The summed E-state index contributed by atoms with van der Waals surface area (Å²) in [6.45, 7) is 1.76. The second-order valence-electron chi connectivity index (χ2n) is 8.82. The molecule has 0 radical (unpaired) electrons. The molecule has 1 saturated heterocycles. The lowest BCUT2D eigenvalue weighted by atomic mass is 10.1. The smallest absolute Gasteiger partial charge is 0.329 e. The molecule has 0 saturated carbocycles. The van der Waals surface area contributed by atoms with Crippen molar-refractivity contribution < 1.29 is 23.5 Å². The highest BCUT2D eigenvalue weighted by molar-refractivity contribution is 6.40. The van der Waals surface area contributed by atoms with Crippen LogP contribution in [-0.2, 0) is 14.3 Å². The van der Waals surface area contributed by atoms with E-state index >= 15 is 0 Å². The first kappa shape index (κ1) is 26.4. The Morgan fingerprint density at radius 1 is 0.900 bits per heavy atom. The number of rotatable bonds is 6. The zero-order chi connectivity index (χ0) is 27.9. The number of benzene rings is 3. The molecule has 2 N–H and O–H groups in total. The number of halogens is 1. The molecule has 1 aliphatic heterocycles. The van der Waals surface area contributed by atoms with Crippen molar-refractivity contribution in [3.63, 3.8) is 0 Å². The second-order valence-corrected chi connectivity index (χ2v) is 8.82. The van der Waals surface area contributed by atoms with Crippen LogP contribution in [0.2, 0.25) is 0 Å². The number of nitrogens with one attached hydrogen (secondary N) is 2. The highest BCUT2D eigenvalue weighted by atomic mass is 19.1. The van der Waals surface area contributed by atoms with Crippen LogP contribution in [0.15, 0.2) is 90.2 Å². The molecule has 0 atom stereocenters.